The van der Waals surface area contributed by atoms with E-state index in [9.17, 15) is 4.79 Å². The maximum Gasteiger partial charge on any atom is 0.316 e. The fraction of sp³-hybridized carbons (Fsp3) is 0.500. The van der Waals surface area contributed by atoms with Gasteiger partial charge in [-0.05, 0) is 36.6 Å². The van der Waals surface area contributed by atoms with Crippen LogP contribution in [0.25, 0.3) is 0 Å². The molecule has 7 nitrogen and oxygen atoms in total. The Morgan fingerprint density at radius 3 is 2.67 bits per heavy atom. The minimum atomic E-state index is -0.203. The van der Waals surface area contributed by atoms with Crippen LogP contribution in [0.2, 0.25) is 0 Å². The molecule has 2 aliphatic heterocycles. The van der Waals surface area contributed by atoms with Gasteiger partial charge in [-0.2, -0.15) is 0 Å². The first-order chi connectivity index (χ1) is 13.2. The van der Waals surface area contributed by atoms with Crippen LogP contribution in [0.1, 0.15) is 31.2 Å². The molecule has 0 N–H and O–H groups in total. The standard InChI is InChI=1S/C20H24N4O3/c25-18(14-16-2-9-21-10-3-16)24-11-5-20(6-12-24)15-17(4-13-26-20)27-19-22-7-1-8-23-19/h1-3,7-10,17H,4-6,11-15H2. The van der Waals surface area contributed by atoms with Crippen molar-refractivity contribution in [2.45, 2.75) is 43.8 Å². The van der Waals surface area contributed by atoms with Crippen molar-refractivity contribution in [2.24, 2.45) is 0 Å². The van der Waals surface area contributed by atoms with Crippen LogP contribution in [0, 0.1) is 0 Å². The van der Waals surface area contributed by atoms with Gasteiger partial charge in [-0.1, -0.05) is 0 Å². The molecule has 2 fully saturated rings. The lowest BCUT2D eigenvalue weighted by atomic mass is 9.83. The number of amides is 1. The van der Waals surface area contributed by atoms with Gasteiger partial charge in [0.1, 0.15) is 6.10 Å². The lowest BCUT2D eigenvalue weighted by molar-refractivity contribution is -0.151. The van der Waals surface area contributed by atoms with Gasteiger partial charge in [0.25, 0.3) is 0 Å². The molecule has 1 unspecified atom stereocenters. The molecule has 142 valence electrons. The zero-order valence-corrected chi connectivity index (χ0v) is 15.3. The molecule has 2 aliphatic rings. The molecule has 2 aromatic heterocycles. The summed E-state index contributed by atoms with van der Waals surface area (Å²) >= 11 is 0. The van der Waals surface area contributed by atoms with E-state index in [4.69, 9.17) is 9.47 Å². The van der Waals surface area contributed by atoms with Gasteiger partial charge in [0, 0.05) is 50.7 Å². The molecule has 1 atom stereocenters. The molecule has 7 heteroatoms. The summed E-state index contributed by atoms with van der Waals surface area (Å²) < 4.78 is 12.1. The van der Waals surface area contributed by atoms with Gasteiger partial charge in [0.05, 0.1) is 18.6 Å². The second kappa shape index (κ2) is 8.00. The number of hydrogen-bond donors (Lipinski definition) is 0. The molecule has 0 bridgehead atoms. The van der Waals surface area contributed by atoms with E-state index in [0.29, 0.717) is 19.0 Å². The van der Waals surface area contributed by atoms with Gasteiger partial charge in [-0.25, -0.2) is 9.97 Å². The number of carbonyl (C=O) groups excluding carboxylic acids is 1. The van der Waals surface area contributed by atoms with E-state index in [1.807, 2.05) is 17.0 Å². The predicted octanol–water partition coefficient (Wildman–Crippen LogP) is 2.03. The summed E-state index contributed by atoms with van der Waals surface area (Å²) in [7, 11) is 0. The Bertz CT molecular complexity index is 748. The Morgan fingerprint density at radius 1 is 1.19 bits per heavy atom. The Hall–Kier alpha value is -2.54. The molecule has 2 saturated heterocycles. The first-order valence-electron chi connectivity index (χ1n) is 9.47. The fourth-order valence-corrected chi connectivity index (χ4v) is 3.88. The summed E-state index contributed by atoms with van der Waals surface area (Å²) in [4.78, 5) is 26.8. The van der Waals surface area contributed by atoms with Crippen LogP contribution in [0.4, 0.5) is 0 Å². The van der Waals surface area contributed by atoms with Crippen LogP contribution in [0.15, 0.2) is 43.0 Å². The Labute approximate surface area is 158 Å². The molecule has 2 aromatic rings. The lowest BCUT2D eigenvalue weighted by Crippen LogP contribution is -2.52. The molecule has 27 heavy (non-hydrogen) atoms. The summed E-state index contributed by atoms with van der Waals surface area (Å²) in [5.41, 5.74) is 0.797. The highest BCUT2D eigenvalue weighted by molar-refractivity contribution is 5.78. The average molecular weight is 368 g/mol. The number of ether oxygens (including phenoxy) is 2. The SMILES string of the molecule is O=C(Cc1ccncc1)N1CCC2(CC1)CC(Oc1ncccn1)CCO2. The van der Waals surface area contributed by atoms with E-state index >= 15 is 0 Å². The highest BCUT2D eigenvalue weighted by atomic mass is 16.5. The van der Waals surface area contributed by atoms with Crippen molar-refractivity contribution < 1.29 is 14.3 Å². The van der Waals surface area contributed by atoms with E-state index in [2.05, 4.69) is 15.0 Å². The topological polar surface area (TPSA) is 77.4 Å². The maximum atomic E-state index is 12.6. The number of pyridine rings is 1. The summed E-state index contributed by atoms with van der Waals surface area (Å²) in [6, 6.07) is 5.98. The quantitative estimate of drug-likeness (QED) is 0.822. The molecule has 0 aromatic carbocycles. The van der Waals surface area contributed by atoms with Gasteiger partial charge < -0.3 is 14.4 Å². The molecule has 0 aliphatic carbocycles. The first kappa shape index (κ1) is 17.9. The summed E-state index contributed by atoms with van der Waals surface area (Å²) in [6.07, 6.45) is 10.6. The highest BCUT2D eigenvalue weighted by Crippen LogP contribution is 2.36. The second-order valence-electron chi connectivity index (χ2n) is 7.21. The van der Waals surface area contributed by atoms with Gasteiger partial charge in [0.15, 0.2) is 0 Å². The normalized spacial score (nSPS) is 21.8. The fourth-order valence-electron chi connectivity index (χ4n) is 3.88. The third kappa shape index (κ3) is 4.42. The first-order valence-corrected chi connectivity index (χ1v) is 9.47. The van der Waals surface area contributed by atoms with Crippen molar-refractivity contribution in [2.75, 3.05) is 19.7 Å². The van der Waals surface area contributed by atoms with Crippen LogP contribution in [-0.4, -0.2) is 57.2 Å². The lowest BCUT2D eigenvalue weighted by Gasteiger charge is -2.45. The largest absolute Gasteiger partial charge is 0.460 e. The van der Waals surface area contributed by atoms with Crippen LogP contribution in [0.5, 0.6) is 6.01 Å². The monoisotopic (exact) mass is 368 g/mol. The Balaban J connectivity index is 1.31. The van der Waals surface area contributed by atoms with Crippen LogP contribution in [0.3, 0.4) is 0 Å². The minimum Gasteiger partial charge on any atom is -0.460 e. The van der Waals surface area contributed by atoms with Crippen molar-refractivity contribution in [3.05, 3.63) is 48.5 Å². The number of carbonyl (C=O) groups is 1. The van der Waals surface area contributed by atoms with E-state index in [0.717, 1.165) is 44.3 Å². The third-order valence-electron chi connectivity index (χ3n) is 5.39. The molecule has 1 amide bonds. The molecule has 0 saturated carbocycles. The molecule has 0 radical (unpaired) electrons. The summed E-state index contributed by atoms with van der Waals surface area (Å²) in [5, 5.41) is 0. The van der Waals surface area contributed by atoms with Crippen LogP contribution < -0.4 is 4.74 Å². The van der Waals surface area contributed by atoms with Crippen LogP contribution in [-0.2, 0) is 16.0 Å². The predicted molar refractivity (Wildman–Crippen MR) is 98.1 cm³/mol. The van der Waals surface area contributed by atoms with Crippen molar-refractivity contribution >= 4 is 5.91 Å². The number of rotatable bonds is 4. The smallest absolute Gasteiger partial charge is 0.316 e. The molecular weight excluding hydrogens is 344 g/mol. The van der Waals surface area contributed by atoms with Crippen molar-refractivity contribution in [3.8, 4) is 6.01 Å². The molecule has 1 spiro atoms. The van der Waals surface area contributed by atoms with E-state index in [1.54, 1.807) is 30.9 Å². The van der Waals surface area contributed by atoms with Gasteiger partial charge in [-0.15, -0.1) is 0 Å². The summed E-state index contributed by atoms with van der Waals surface area (Å²) in [6.45, 7) is 2.11. The van der Waals surface area contributed by atoms with Gasteiger partial charge >= 0.3 is 6.01 Å². The highest BCUT2D eigenvalue weighted by Gasteiger charge is 2.42. The number of likely N-dealkylation sites (tertiary alicyclic amines) is 1. The average Bonchev–Trinajstić information content (AvgIpc) is 2.70. The maximum absolute atomic E-state index is 12.6. The zero-order valence-electron chi connectivity index (χ0n) is 15.3. The Kier molecular flexibility index (Phi) is 5.29. The number of nitrogens with zero attached hydrogens (tertiary/aromatic N) is 4. The number of piperidine rings is 1. The van der Waals surface area contributed by atoms with Gasteiger partial charge in [-0.3, -0.25) is 9.78 Å². The molecule has 4 heterocycles. The van der Waals surface area contributed by atoms with E-state index in [1.165, 1.54) is 0 Å². The molecule has 4 rings (SSSR count). The molecular formula is C20H24N4O3. The van der Waals surface area contributed by atoms with E-state index < -0.39 is 0 Å². The number of hydrogen-bond acceptors (Lipinski definition) is 6. The number of aromatic nitrogens is 3. The van der Waals surface area contributed by atoms with Crippen molar-refractivity contribution in [1.29, 1.82) is 0 Å². The third-order valence-corrected chi connectivity index (χ3v) is 5.39. The Morgan fingerprint density at radius 2 is 1.93 bits per heavy atom. The summed E-state index contributed by atoms with van der Waals surface area (Å²) in [5.74, 6) is 0.164. The van der Waals surface area contributed by atoms with Crippen molar-refractivity contribution in [3.63, 3.8) is 0 Å². The van der Waals surface area contributed by atoms with Gasteiger partial charge in [0.2, 0.25) is 5.91 Å². The van der Waals surface area contributed by atoms with E-state index in [-0.39, 0.29) is 17.6 Å². The zero-order chi connectivity index (χ0) is 18.5. The van der Waals surface area contributed by atoms with Crippen LogP contribution >= 0.6 is 0 Å². The van der Waals surface area contributed by atoms with Crippen molar-refractivity contribution in [1.82, 2.24) is 19.9 Å². The minimum absolute atomic E-state index is 0.0558. The second-order valence-corrected chi connectivity index (χ2v) is 7.21.